The molecule has 0 atom stereocenters. The van der Waals surface area contributed by atoms with E-state index in [1.54, 1.807) is 18.2 Å². The van der Waals surface area contributed by atoms with Gasteiger partial charge in [0.15, 0.2) is 0 Å². The van der Waals surface area contributed by atoms with Crippen LogP contribution in [0.5, 0.6) is 0 Å². The van der Waals surface area contributed by atoms with E-state index < -0.39 is 0 Å². The minimum absolute atomic E-state index is 0.197. The highest BCUT2D eigenvalue weighted by Crippen LogP contribution is 2.24. The molecule has 0 saturated carbocycles. The number of hydrogen-bond acceptors (Lipinski definition) is 5. The molecule has 6 heteroatoms. The maximum Gasteiger partial charge on any atom is 0.223 e. The molecule has 0 spiro atoms. The number of nitrogen functional groups attached to an aromatic ring is 1. The summed E-state index contributed by atoms with van der Waals surface area (Å²) < 4.78 is 12.9. The van der Waals surface area contributed by atoms with E-state index in [0.29, 0.717) is 11.6 Å². The van der Waals surface area contributed by atoms with Gasteiger partial charge in [-0.05, 0) is 31.2 Å². The minimum atomic E-state index is -0.271. The SMILES string of the molecule is CCNc1cc(N(C)c2ccc(F)cc2)nc(N)n1. The van der Waals surface area contributed by atoms with E-state index in [1.165, 1.54) is 12.1 Å². The van der Waals surface area contributed by atoms with Crippen molar-refractivity contribution in [3.63, 3.8) is 0 Å². The summed E-state index contributed by atoms with van der Waals surface area (Å²) in [5, 5.41) is 3.09. The third kappa shape index (κ3) is 3.09. The number of nitrogens with zero attached hydrogens (tertiary/aromatic N) is 3. The third-order valence-corrected chi connectivity index (χ3v) is 2.65. The molecule has 2 aromatic rings. The molecule has 0 aliphatic heterocycles. The molecule has 0 fully saturated rings. The summed E-state index contributed by atoms with van der Waals surface area (Å²) in [5.74, 6) is 1.24. The number of aromatic nitrogens is 2. The van der Waals surface area contributed by atoms with Crippen molar-refractivity contribution >= 4 is 23.3 Å². The number of anilines is 4. The van der Waals surface area contributed by atoms with Crippen LogP contribution < -0.4 is 16.0 Å². The van der Waals surface area contributed by atoms with Crippen molar-refractivity contribution in [3.05, 3.63) is 36.1 Å². The van der Waals surface area contributed by atoms with Crippen molar-refractivity contribution in [2.24, 2.45) is 0 Å². The second-order valence-corrected chi connectivity index (χ2v) is 4.04. The van der Waals surface area contributed by atoms with Crippen LogP contribution in [-0.4, -0.2) is 23.6 Å². The topological polar surface area (TPSA) is 67.1 Å². The highest BCUT2D eigenvalue weighted by Gasteiger charge is 2.08. The minimum Gasteiger partial charge on any atom is -0.370 e. The third-order valence-electron chi connectivity index (χ3n) is 2.65. The van der Waals surface area contributed by atoms with Crippen molar-refractivity contribution in [1.82, 2.24) is 9.97 Å². The van der Waals surface area contributed by atoms with Crippen molar-refractivity contribution in [1.29, 1.82) is 0 Å². The summed E-state index contributed by atoms with van der Waals surface area (Å²) in [6.07, 6.45) is 0. The Kier molecular flexibility index (Phi) is 3.79. The number of benzene rings is 1. The van der Waals surface area contributed by atoms with Gasteiger partial charge in [0.1, 0.15) is 17.5 Å². The summed E-state index contributed by atoms with van der Waals surface area (Å²) in [6, 6.07) is 7.97. The van der Waals surface area contributed by atoms with Gasteiger partial charge in [-0.15, -0.1) is 0 Å². The van der Waals surface area contributed by atoms with Gasteiger partial charge in [-0.3, -0.25) is 0 Å². The van der Waals surface area contributed by atoms with Crippen LogP contribution in [0, 0.1) is 5.82 Å². The molecule has 0 aliphatic rings. The van der Waals surface area contributed by atoms with Crippen LogP contribution in [0.2, 0.25) is 0 Å². The first-order chi connectivity index (χ1) is 9.10. The number of hydrogen-bond donors (Lipinski definition) is 2. The highest BCUT2D eigenvalue weighted by molar-refractivity contribution is 5.62. The van der Waals surface area contributed by atoms with E-state index in [-0.39, 0.29) is 11.8 Å². The van der Waals surface area contributed by atoms with E-state index >= 15 is 0 Å². The van der Waals surface area contributed by atoms with Crippen LogP contribution in [0.3, 0.4) is 0 Å². The summed E-state index contributed by atoms with van der Waals surface area (Å²) in [4.78, 5) is 10.1. The number of halogens is 1. The fourth-order valence-corrected chi connectivity index (χ4v) is 1.69. The Hall–Kier alpha value is -2.37. The maximum atomic E-state index is 12.9. The van der Waals surface area contributed by atoms with Crippen LogP contribution in [0.4, 0.5) is 27.7 Å². The highest BCUT2D eigenvalue weighted by atomic mass is 19.1. The van der Waals surface area contributed by atoms with Gasteiger partial charge >= 0.3 is 0 Å². The molecule has 1 aromatic heterocycles. The molecule has 100 valence electrons. The van der Waals surface area contributed by atoms with E-state index in [4.69, 9.17) is 5.73 Å². The zero-order valence-corrected chi connectivity index (χ0v) is 10.9. The van der Waals surface area contributed by atoms with Crippen LogP contribution in [0.1, 0.15) is 6.92 Å². The Morgan fingerprint density at radius 1 is 1.26 bits per heavy atom. The van der Waals surface area contributed by atoms with Crippen LogP contribution in [0.15, 0.2) is 30.3 Å². The lowest BCUT2D eigenvalue weighted by molar-refractivity contribution is 0.628. The van der Waals surface area contributed by atoms with Crippen LogP contribution >= 0.6 is 0 Å². The number of rotatable bonds is 4. The van der Waals surface area contributed by atoms with Gasteiger partial charge in [0.05, 0.1) is 0 Å². The van der Waals surface area contributed by atoms with Gasteiger partial charge < -0.3 is 16.0 Å². The number of nitrogens with one attached hydrogen (secondary N) is 1. The van der Waals surface area contributed by atoms with Crippen molar-refractivity contribution in [3.8, 4) is 0 Å². The second-order valence-electron chi connectivity index (χ2n) is 4.04. The summed E-state index contributed by atoms with van der Waals surface area (Å²) in [7, 11) is 1.84. The predicted octanol–water partition coefficient (Wildman–Crippen LogP) is 2.40. The first-order valence-corrected chi connectivity index (χ1v) is 5.98. The molecule has 0 saturated heterocycles. The average Bonchev–Trinajstić information content (AvgIpc) is 2.38. The Balaban J connectivity index is 2.32. The van der Waals surface area contributed by atoms with E-state index in [1.807, 2.05) is 18.9 Å². The van der Waals surface area contributed by atoms with Gasteiger partial charge in [0.2, 0.25) is 5.95 Å². The lowest BCUT2D eigenvalue weighted by Crippen LogP contribution is -2.14. The molecular formula is C13H16FN5. The molecule has 3 N–H and O–H groups in total. The smallest absolute Gasteiger partial charge is 0.223 e. The standard InChI is InChI=1S/C13H16FN5/c1-3-16-11-8-12(18-13(15)17-11)19(2)10-6-4-9(14)5-7-10/h4-8H,3H2,1-2H3,(H3,15,16,17,18). The van der Waals surface area contributed by atoms with Crippen molar-refractivity contribution < 1.29 is 4.39 Å². The molecule has 2 rings (SSSR count). The van der Waals surface area contributed by atoms with Crippen LogP contribution in [-0.2, 0) is 0 Å². The number of nitrogens with two attached hydrogens (primary N) is 1. The molecule has 1 aromatic carbocycles. The summed E-state index contributed by atoms with van der Waals surface area (Å²) in [6.45, 7) is 2.72. The molecule has 1 heterocycles. The first kappa shape index (κ1) is 13.1. The zero-order chi connectivity index (χ0) is 13.8. The predicted molar refractivity (Wildman–Crippen MR) is 75.1 cm³/mol. The van der Waals surface area contributed by atoms with Crippen molar-refractivity contribution in [2.75, 3.05) is 29.5 Å². The van der Waals surface area contributed by atoms with E-state index in [9.17, 15) is 4.39 Å². The second kappa shape index (κ2) is 5.51. The Morgan fingerprint density at radius 2 is 1.95 bits per heavy atom. The Labute approximate surface area is 111 Å². The summed E-state index contributed by atoms with van der Waals surface area (Å²) >= 11 is 0. The molecule has 0 bridgehead atoms. The fraction of sp³-hybridized carbons (Fsp3) is 0.231. The molecule has 0 radical (unpaired) electrons. The largest absolute Gasteiger partial charge is 0.370 e. The average molecular weight is 261 g/mol. The van der Waals surface area contributed by atoms with Gasteiger partial charge in [-0.2, -0.15) is 9.97 Å². The summed E-state index contributed by atoms with van der Waals surface area (Å²) in [5.41, 5.74) is 6.50. The monoisotopic (exact) mass is 261 g/mol. The Morgan fingerprint density at radius 3 is 2.58 bits per heavy atom. The molecule has 19 heavy (non-hydrogen) atoms. The normalized spacial score (nSPS) is 10.3. The van der Waals surface area contributed by atoms with Gasteiger partial charge in [-0.1, -0.05) is 0 Å². The van der Waals surface area contributed by atoms with Gasteiger partial charge in [-0.25, -0.2) is 4.39 Å². The zero-order valence-electron chi connectivity index (χ0n) is 10.9. The van der Waals surface area contributed by atoms with E-state index in [2.05, 4.69) is 15.3 Å². The maximum absolute atomic E-state index is 12.9. The van der Waals surface area contributed by atoms with Gasteiger partial charge in [0, 0.05) is 25.3 Å². The molecule has 0 unspecified atom stereocenters. The molecule has 5 nitrogen and oxygen atoms in total. The molecule has 0 amide bonds. The quantitative estimate of drug-likeness (QED) is 0.884. The first-order valence-electron chi connectivity index (χ1n) is 5.98. The van der Waals surface area contributed by atoms with Crippen molar-refractivity contribution in [2.45, 2.75) is 6.92 Å². The van der Waals surface area contributed by atoms with Crippen LogP contribution in [0.25, 0.3) is 0 Å². The fourth-order valence-electron chi connectivity index (χ4n) is 1.69. The van der Waals surface area contributed by atoms with E-state index in [0.717, 1.165) is 12.2 Å². The lowest BCUT2D eigenvalue weighted by atomic mass is 10.3. The lowest BCUT2D eigenvalue weighted by Gasteiger charge is -2.19. The molecular weight excluding hydrogens is 245 g/mol. The molecule has 0 aliphatic carbocycles. The van der Waals surface area contributed by atoms with Gasteiger partial charge in [0.25, 0.3) is 0 Å². The Bertz CT molecular complexity index is 555.